The van der Waals surface area contributed by atoms with E-state index in [1.807, 2.05) is 17.0 Å². The van der Waals surface area contributed by atoms with Crippen molar-refractivity contribution in [2.45, 2.75) is 32.7 Å². The van der Waals surface area contributed by atoms with Crippen LogP contribution in [0.15, 0.2) is 24.3 Å². The van der Waals surface area contributed by atoms with E-state index in [2.05, 4.69) is 13.0 Å². The number of alkyl halides is 1. The predicted molar refractivity (Wildman–Crippen MR) is 76.8 cm³/mol. The lowest BCUT2D eigenvalue weighted by atomic mass is 10.1. The molecule has 19 heavy (non-hydrogen) atoms. The summed E-state index contributed by atoms with van der Waals surface area (Å²) < 4.78 is 0. The standard InChI is InChI=1S/C15H19ClN2O/c1-2-10-18(15(19)4-3-9-16)12-14-7-5-13(11-17)6-8-14/h5-8H,2-4,9-10,12H2,1H3. The van der Waals surface area contributed by atoms with E-state index in [4.69, 9.17) is 16.9 Å². The topological polar surface area (TPSA) is 44.1 Å². The molecular weight excluding hydrogens is 260 g/mol. The smallest absolute Gasteiger partial charge is 0.222 e. The average Bonchev–Trinajstić information content (AvgIpc) is 2.45. The molecule has 0 saturated carbocycles. The minimum absolute atomic E-state index is 0.145. The maximum absolute atomic E-state index is 12.0. The monoisotopic (exact) mass is 278 g/mol. The van der Waals surface area contributed by atoms with Crippen molar-refractivity contribution in [1.29, 1.82) is 5.26 Å². The third kappa shape index (κ3) is 5.32. The van der Waals surface area contributed by atoms with Crippen LogP contribution in [0.2, 0.25) is 0 Å². The number of carbonyl (C=O) groups excluding carboxylic acids is 1. The Morgan fingerprint density at radius 2 is 2.05 bits per heavy atom. The molecule has 102 valence electrons. The molecule has 0 aliphatic rings. The van der Waals surface area contributed by atoms with Gasteiger partial charge in [0.05, 0.1) is 11.6 Å². The summed E-state index contributed by atoms with van der Waals surface area (Å²) in [5, 5.41) is 8.75. The predicted octanol–water partition coefficient (Wildman–Crippen LogP) is 3.32. The number of halogens is 1. The molecule has 1 rings (SSSR count). The molecule has 0 N–H and O–H groups in total. The van der Waals surface area contributed by atoms with E-state index in [0.717, 1.165) is 18.5 Å². The van der Waals surface area contributed by atoms with Gasteiger partial charge in [0.15, 0.2) is 0 Å². The molecule has 0 fully saturated rings. The van der Waals surface area contributed by atoms with Crippen LogP contribution in [-0.2, 0) is 11.3 Å². The molecule has 0 heterocycles. The first kappa shape index (κ1) is 15.5. The molecule has 0 atom stereocenters. The summed E-state index contributed by atoms with van der Waals surface area (Å²) in [5.74, 6) is 0.662. The molecule has 1 amide bonds. The van der Waals surface area contributed by atoms with Gasteiger partial charge in [-0.3, -0.25) is 4.79 Å². The van der Waals surface area contributed by atoms with E-state index in [0.29, 0.717) is 30.8 Å². The number of hydrogen-bond donors (Lipinski definition) is 0. The number of benzene rings is 1. The minimum Gasteiger partial charge on any atom is -0.338 e. The maximum atomic E-state index is 12.0. The zero-order valence-electron chi connectivity index (χ0n) is 11.2. The van der Waals surface area contributed by atoms with Crippen LogP contribution in [0.4, 0.5) is 0 Å². The minimum atomic E-state index is 0.145. The molecule has 0 saturated heterocycles. The molecule has 3 nitrogen and oxygen atoms in total. The van der Waals surface area contributed by atoms with E-state index in [1.165, 1.54) is 0 Å². The van der Waals surface area contributed by atoms with Crippen LogP contribution in [0.1, 0.15) is 37.3 Å². The second-order valence-corrected chi connectivity index (χ2v) is 4.79. The van der Waals surface area contributed by atoms with Crippen molar-refractivity contribution in [3.8, 4) is 6.07 Å². The molecule has 1 aromatic rings. The largest absolute Gasteiger partial charge is 0.338 e. The first-order chi connectivity index (χ1) is 9.21. The molecule has 0 bridgehead atoms. The summed E-state index contributed by atoms with van der Waals surface area (Å²) in [4.78, 5) is 13.9. The summed E-state index contributed by atoms with van der Waals surface area (Å²) in [6.07, 6.45) is 2.15. The molecule has 1 aromatic carbocycles. The highest BCUT2D eigenvalue weighted by Gasteiger charge is 2.12. The third-order valence-corrected chi connectivity index (χ3v) is 3.09. The molecule has 0 unspecified atom stereocenters. The summed E-state index contributed by atoms with van der Waals surface area (Å²) in [5.41, 5.74) is 1.69. The SMILES string of the molecule is CCCN(Cc1ccc(C#N)cc1)C(=O)CCCCl. The highest BCUT2D eigenvalue weighted by Crippen LogP contribution is 2.10. The number of hydrogen-bond acceptors (Lipinski definition) is 2. The maximum Gasteiger partial charge on any atom is 0.222 e. The van der Waals surface area contributed by atoms with E-state index in [1.54, 1.807) is 12.1 Å². The van der Waals surface area contributed by atoms with E-state index >= 15 is 0 Å². The van der Waals surface area contributed by atoms with Crippen molar-refractivity contribution in [3.63, 3.8) is 0 Å². The van der Waals surface area contributed by atoms with Gasteiger partial charge in [0.2, 0.25) is 5.91 Å². The van der Waals surface area contributed by atoms with Gasteiger partial charge in [0, 0.05) is 25.4 Å². The van der Waals surface area contributed by atoms with Gasteiger partial charge in [-0.1, -0.05) is 19.1 Å². The first-order valence-corrected chi connectivity index (χ1v) is 7.07. The molecule has 0 aromatic heterocycles. The Hall–Kier alpha value is -1.53. The lowest BCUT2D eigenvalue weighted by Gasteiger charge is -2.22. The normalized spacial score (nSPS) is 9.95. The average molecular weight is 279 g/mol. The Labute approximate surface area is 119 Å². The molecular formula is C15H19ClN2O. The molecule has 0 aliphatic heterocycles. The molecule has 0 radical (unpaired) electrons. The fourth-order valence-electron chi connectivity index (χ4n) is 1.84. The number of nitriles is 1. The summed E-state index contributed by atoms with van der Waals surface area (Å²) in [6, 6.07) is 9.45. The van der Waals surface area contributed by atoms with Crippen LogP contribution in [0.25, 0.3) is 0 Å². The summed E-state index contributed by atoms with van der Waals surface area (Å²) in [7, 11) is 0. The lowest BCUT2D eigenvalue weighted by Crippen LogP contribution is -2.31. The quantitative estimate of drug-likeness (QED) is 0.718. The van der Waals surface area contributed by atoms with Crippen LogP contribution in [0, 0.1) is 11.3 Å². The van der Waals surface area contributed by atoms with E-state index in [-0.39, 0.29) is 5.91 Å². The van der Waals surface area contributed by atoms with E-state index < -0.39 is 0 Å². The fraction of sp³-hybridized carbons (Fsp3) is 0.467. The number of carbonyl (C=O) groups is 1. The second kappa shape index (κ2) is 8.55. The molecule has 4 heteroatoms. The third-order valence-electron chi connectivity index (χ3n) is 2.83. The molecule has 0 spiro atoms. The van der Waals surface area contributed by atoms with Gasteiger partial charge in [-0.25, -0.2) is 0 Å². The zero-order valence-corrected chi connectivity index (χ0v) is 12.0. The summed E-state index contributed by atoms with van der Waals surface area (Å²) >= 11 is 5.62. The van der Waals surface area contributed by atoms with Crippen LogP contribution in [-0.4, -0.2) is 23.2 Å². The van der Waals surface area contributed by atoms with Crippen LogP contribution < -0.4 is 0 Å². The number of amides is 1. The fourth-order valence-corrected chi connectivity index (χ4v) is 1.98. The first-order valence-electron chi connectivity index (χ1n) is 6.54. The molecule has 0 aliphatic carbocycles. The zero-order chi connectivity index (χ0) is 14.1. The highest BCUT2D eigenvalue weighted by molar-refractivity contribution is 6.17. The Morgan fingerprint density at radius 3 is 2.58 bits per heavy atom. The van der Waals surface area contributed by atoms with Crippen molar-refractivity contribution in [2.75, 3.05) is 12.4 Å². The Kier molecular flexibility index (Phi) is 6.99. The van der Waals surface area contributed by atoms with Gasteiger partial charge in [0.25, 0.3) is 0 Å². The second-order valence-electron chi connectivity index (χ2n) is 4.42. The van der Waals surface area contributed by atoms with Crippen LogP contribution >= 0.6 is 11.6 Å². The van der Waals surface area contributed by atoms with Gasteiger partial charge in [0.1, 0.15) is 0 Å². The van der Waals surface area contributed by atoms with E-state index in [9.17, 15) is 4.79 Å². The number of nitrogens with zero attached hydrogens (tertiary/aromatic N) is 2. The number of rotatable bonds is 7. The Balaban J connectivity index is 2.66. The van der Waals surface area contributed by atoms with Crippen molar-refractivity contribution in [1.82, 2.24) is 4.90 Å². The van der Waals surface area contributed by atoms with Crippen LogP contribution in [0.3, 0.4) is 0 Å². The van der Waals surface area contributed by atoms with Crippen molar-refractivity contribution < 1.29 is 4.79 Å². The van der Waals surface area contributed by atoms with Crippen molar-refractivity contribution in [3.05, 3.63) is 35.4 Å². The van der Waals surface area contributed by atoms with Crippen molar-refractivity contribution in [2.24, 2.45) is 0 Å². The Bertz CT molecular complexity index is 436. The summed E-state index contributed by atoms with van der Waals surface area (Å²) in [6.45, 7) is 3.41. The van der Waals surface area contributed by atoms with Gasteiger partial charge < -0.3 is 4.90 Å². The highest BCUT2D eigenvalue weighted by atomic mass is 35.5. The van der Waals surface area contributed by atoms with Crippen molar-refractivity contribution >= 4 is 17.5 Å². The Morgan fingerprint density at radius 1 is 1.37 bits per heavy atom. The van der Waals surface area contributed by atoms with Gasteiger partial charge >= 0.3 is 0 Å². The van der Waals surface area contributed by atoms with Gasteiger partial charge in [-0.05, 0) is 30.5 Å². The lowest BCUT2D eigenvalue weighted by molar-refractivity contribution is -0.131. The van der Waals surface area contributed by atoms with Gasteiger partial charge in [-0.2, -0.15) is 5.26 Å². The van der Waals surface area contributed by atoms with Gasteiger partial charge in [-0.15, -0.1) is 11.6 Å². The van der Waals surface area contributed by atoms with Crippen LogP contribution in [0.5, 0.6) is 0 Å².